The number of benzene rings is 1. The molecule has 2 atom stereocenters. The highest BCUT2D eigenvalue weighted by Gasteiger charge is 2.38. The molecule has 1 N–H and O–H groups in total. The van der Waals surface area contributed by atoms with Crippen molar-refractivity contribution in [3.05, 3.63) is 35.9 Å². The lowest BCUT2D eigenvalue weighted by Gasteiger charge is -2.20. The SMILES string of the molecule is COCCOC[C@@H]1C[C@H](OS(=O)(=O)Cc2ccccc2)CN1C(=O)O. The first-order chi connectivity index (χ1) is 11.9. The Labute approximate surface area is 147 Å². The monoisotopic (exact) mass is 373 g/mol. The molecule has 1 aromatic rings. The Hall–Kier alpha value is -1.68. The number of methoxy groups -OCH3 is 1. The molecule has 2 rings (SSSR count). The zero-order valence-corrected chi connectivity index (χ0v) is 14.9. The summed E-state index contributed by atoms with van der Waals surface area (Å²) in [6.45, 7) is 0.930. The van der Waals surface area contributed by atoms with Gasteiger partial charge in [-0.15, -0.1) is 0 Å². The quantitative estimate of drug-likeness (QED) is 0.514. The summed E-state index contributed by atoms with van der Waals surface area (Å²) in [4.78, 5) is 12.5. The Bertz CT molecular complexity index is 650. The highest BCUT2D eigenvalue weighted by molar-refractivity contribution is 7.85. The second-order valence-electron chi connectivity index (χ2n) is 5.80. The van der Waals surface area contributed by atoms with E-state index in [9.17, 15) is 18.3 Å². The van der Waals surface area contributed by atoms with Crippen LogP contribution < -0.4 is 0 Å². The average Bonchev–Trinajstić information content (AvgIpc) is 2.94. The predicted octanol–water partition coefficient (Wildman–Crippen LogP) is 1.32. The van der Waals surface area contributed by atoms with Crippen molar-refractivity contribution in [1.82, 2.24) is 4.90 Å². The number of hydrogen-bond acceptors (Lipinski definition) is 6. The summed E-state index contributed by atoms with van der Waals surface area (Å²) >= 11 is 0. The molecule has 9 heteroatoms. The van der Waals surface area contributed by atoms with E-state index in [4.69, 9.17) is 13.7 Å². The van der Waals surface area contributed by atoms with Crippen molar-refractivity contribution in [2.24, 2.45) is 0 Å². The molecule has 0 spiro atoms. The maximum absolute atomic E-state index is 12.2. The highest BCUT2D eigenvalue weighted by atomic mass is 32.2. The Balaban J connectivity index is 1.92. The fourth-order valence-electron chi connectivity index (χ4n) is 2.72. The molecule has 1 amide bonds. The first kappa shape index (κ1) is 19.6. The fraction of sp³-hybridized carbons (Fsp3) is 0.562. The normalized spacial score (nSPS) is 20.8. The Morgan fingerprint density at radius 2 is 2.00 bits per heavy atom. The minimum Gasteiger partial charge on any atom is -0.465 e. The molecular formula is C16H23NO7S. The molecule has 0 bridgehead atoms. The number of nitrogens with zero attached hydrogens (tertiary/aromatic N) is 1. The summed E-state index contributed by atoms with van der Waals surface area (Å²) in [5.74, 6) is -0.244. The number of ether oxygens (including phenoxy) is 2. The van der Waals surface area contributed by atoms with Gasteiger partial charge in [-0.25, -0.2) is 4.79 Å². The van der Waals surface area contributed by atoms with Crippen LogP contribution in [0.1, 0.15) is 12.0 Å². The van der Waals surface area contributed by atoms with E-state index < -0.39 is 28.4 Å². The average molecular weight is 373 g/mol. The molecule has 8 nitrogen and oxygen atoms in total. The topological polar surface area (TPSA) is 102 Å². The van der Waals surface area contributed by atoms with Crippen LogP contribution in [0.3, 0.4) is 0 Å². The van der Waals surface area contributed by atoms with E-state index in [-0.39, 0.29) is 25.3 Å². The van der Waals surface area contributed by atoms with E-state index in [1.807, 2.05) is 0 Å². The van der Waals surface area contributed by atoms with E-state index >= 15 is 0 Å². The van der Waals surface area contributed by atoms with E-state index in [1.165, 1.54) is 0 Å². The van der Waals surface area contributed by atoms with Gasteiger partial charge in [-0.1, -0.05) is 30.3 Å². The van der Waals surface area contributed by atoms with Gasteiger partial charge in [0.05, 0.1) is 38.5 Å². The van der Waals surface area contributed by atoms with Gasteiger partial charge < -0.3 is 19.5 Å². The fourth-order valence-corrected chi connectivity index (χ4v) is 3.94. The van der Waals surface area contributed by atoms with Crippen molar-refractivity contribution in [1.29, 1.82) is 0 Å². The molecule has 1 heterocycles. The molecule has 0 saturated carbocycles. The molecule has 1 aliphatic heterocycles. The molecule has 0 radical (unpaired) electrons. The Morgan fingerprint density at radius 1 is 1.28 bits per heavy atom. The smallest absolute Gasteiger partial charge is 0.407 e. The van der Waals surface area contributed by atoms with Crippen LogP contribution in [0.5, 0.6) is 0 Å². The molecule has 0 aromatic heterocycles. The molecular weight excluding hydrogens is 350 g/mol. The third-order valence-corrected chi connectivity index (χ3v) is 5.09. The molecule has 1 saturated heterocycles. The summed E-state index contributed by atoms with van der Waals surface area (Å²) in [5, 5.41) is 9.28. The minimum atomic E-state index is -3.80. The van der Waals surface area contributed by atoms with Crippen LogP contribution in [-0.2, 0) is 29.5 Å². The van der Waals surface area contributed by atoms with E-state index in [2.05, 4.69) is 0 Å². The highest BCUT2D eigenvalue weighted by Crippen LogP contribution is 2.23. The predicted molar refractivity (Wildman–Crippen MR) is 89.8 cm³/mol. The molecule has 0 unspecified atom stereocenters. The minimum absolute atomic E-state index is 0.00164. The van der Waals surface area contributed by atoms with Crippen LogP contribution in [0, 0.1) is 0 Å². The zero-order chi connectivity index (χ0) is 18.3. The van der Waals surface area contributed by atoms with Gasteiger partial charge in [0.1, 0.15) is 5.75 Å². The van der Waals surface area contributed by atoms with Gasteiger partial charge in [-0.2, -0.15) is 8.42 Å². The van der Waals surface area contributed by atoms with Crippen molar-refractivity contribution in [3.8, 4) is 0 Å². The molecule has 1 fully saturated rings. The number of likely N-dealkylation sites (tertiary alicyclic amines) is 1. The lowest BCUT2D eigenvalue weighted by molar-refractivity contribution is 0.0409. The summed E-state index contributed by atoms with van der Waals surface area (Å²) in [6, 6.07) is 8.26. The molecule has 1 aromatic carbocycles. The summed E-state index contributed by atoms with van der Waals surface area (Å²) in [6.07, 6.45) is -1.56. The van der Waals surface area contributed by atoms with Crippen molar-refractivity contribution in [2.75, 3.05) is 33.5 Å². The Kier molecular flexibility index (Phi) is 7.18. The van der Waals surface area contributed by atoms with Crippen molar-refractivity contribution >= 4 is 16.2 Å². The van der Waals surface area contributed by atoms with E-state index in [1.54, 1.807) is 37.4 Å². The molecule has 0 aliphatic carbocycles. The van der Waals surface area contributed by atoms with Gasteiger partial charge >= 0.3 is 6.09 Å². The molecule has 25 heavy (non-hydrogen) atoms. The van der Waals surface area contributed by atoms with Gasteiger partial charge in [0.15, 0.2) is 0 Å². The van der Waals surface area contributed by atoms with Crippen LogP contribution in [-0.4, -0.2) is 70.1 Å². The summed E-state index contributed by atoms with van der Waals surface area (Å²) in [5.41, 5.74) is 0.620. The van der Waals surface area contributed by atoms with Gasteiger partial charge in [0.2, 0.25) is 0 Å². The van der Waals surface area contributed by atoms with Crippen LogP contribution in [0.4, 0.5) is 4.79 Å². The summed E-state index contributed by atoms with van der Waals surface area (Å²) < 4.78 is 39.9. The number of carbonyl (C=O) groups is 1. The summed E-state index contributed by atoms with van der Waals surface area (Å²) in [7, 11) is -2.25. The van der Waals surface area contributed by atoms with Crippen LogP contribution in [0.2, 0.25) is 0 Å². The van der Waals surface area contributed by atoms with Crippen molar-refractivity contribution < 1.29 is 32.0 Å². The molecule has 140 valence electrons. The Morgan fingerprint density at radius 3 is 2.64 bits per heavy atom. The second-order valence-corrected chi connectivity index (χ2v) is 7.39. The first-order valence-corrected chi connectivity index (χ1v) is 9.50. The number of rotatable bonds is 9. The maximum atomic E-state index is 12.2. The number of hydrogen-bond donors (Lipinski definition) is 1. The third kappa shape index (κ3) is 6.28. The van der Waals surface area contributed by atoms with E-state index in [0.29, 0.717) is 18.8 Å². The zero-order valence-electron chi connectivity index (χ0n) is 14.0. The van der Waals surface area contributed by atoms with Gasteiger partial charge in [-0.3, -0.25) is 4.18 Å². The standard InChI is InChI=1S/C16H23NO7S/c1-22-7-8-23-11-14-9-15(10-17(14)16(18)19)24-25(20,21)12-13-5-3-2-4-6-13/h2-6,14-15H,7-12H2,1H3,(H,18,19)/t14-,15-/m0/s1. The third-order valence-electron chi connectivity index (χ3n) is 3.83. The largest absolute Gasteiger partial charge is 0.465 e. The maximum Gasteiger partial charge on any atom is 0.407 e. The second kappa shape index (κ2) is 9.14. The van der Waals surface area contributed by atoms with Crippen LogP contribution >= 0.6 is 0 Å². The molecule has 1 aliphatic rings. The van der Waals surface area contributed by atoms with E-state index in [0.717, 1.165) is 4.90 Å². The van der Waals surface area contributed by atoms with Gasteiger partial charge in [-0.05, 0) is 12.0 Å². The first-order valence-electron chi connectivity index (χ1n) is 7.92. The number of carboxylic acid groups (broad SMARTS) is 1. The number of amides is 1. The van der Waals surface area contributed by atoms with Crippen LogP contribution in [0.15, 0.2) is 30.3 Å². The van der Waals surface area contributed by atoms with Crippen molar-refractivity contribution in [3.63, 3.8) is 0 Å². The lowest BCUT2D eigenvalue weighted by Crippen LogP contribution is -2.37. The van der Waals surface area contributed by atoms with Crippen molar-refractivity contribution in [2.45, 2.75) is 24.3 Å². The van der Waals surface area contributed by atoms with Gasteiger partial charge in [0, 0.05) is 7.11 Å². The lowest BCUT2D eigenvalue weighted by atomic mass is 10.2. The van der Waals surface area contributed by atoms with Gasteiger partial charge in [0.25, 0.3) is 10.1 Å². The van der Waals surface area contributed by atoms with Crippen LogP contribution in [0.25, 0.3) is 0 Å².